The van der Waals surface area contributed by atoms with E-state index in [0.717, 1.165) is 13.1 Å². The number of nitrogens with zero attached hydrogens (tertiary/aromatic N) is 1. The van der Waals surface area contributed by atoms with Gasteiger partial charge in [-0.25, -0.2) is 0 Å². The average molecular weight is 323 g/mol. The zero-order valence-electron chi connectivity index (χ0n) is 11.8. The first-order valence-corrected chi connectivity index (χ1v) is 7.87. The minimum atomic E-state index is 0.377. The monoisotopic (exact) mass is 322 g/mol. The molecular formula is C16H23BrN2. The molecule has 0 aromatic heterocycles. The van der Waals surface area contributed by atoms with Crippen LogP contribution in [-0.4, -0.2) is 19.1 Å². The molecule has 1 saturated carbocycles. The molecule has 2 nitrogen and oxygen atoms in total. The van der Waals surface area contributed by atoms with Crippen molar-refractivity contribution >= 4 is 21.6 Å². The molecule has 104 valence electrons. The summed E-state index contributed by atoms with van der Waals surface area (Å²) in [5.41, 5.74) is 2.61. The minimum absolute atomic E-state index is 0.377. The molecule has 1 unspecified atom stereocenters. The SMILES string of the molecule is C=CCN(c1ccc(C(C)NCC)c(Br)c1)C1CC1. The van der Waals surface area contributed by atoms with Gasteiger partial charge in [-0.1, -0.05) is 35.0 Å². The Kier molecular flexibility index (Phi) is 5.06. The third-order valence-electron chi connectivity index (χ3n) is 3.61. The van der Waals surface area contributed by atoms with Crippen molar-refractivity contribution in [3.05, 3.63) is 40.9 Å². The third-order valence-corrected chi connectivity index (χ3v) is 4.29. The summed E-state index contributed by atoms with van der Waals surface area (Å²) < 4.78 is 1.19. The Morgan fingerprint density at radius 3 is 2.79 bits per heavy atom. The fourth-order valence-corrected chi connectivity index (χ4v) is 3.16. The summed E-state index contributed by atoms with van der Waals surface area (Å²) in [6.45, 7) is 10.1. The molecule has 1 aromatic rings. The van der Waals surface area contributed by atoms with Gasteiger partial charge in [-0.3, -0.25) is 0 Å². The molecule has 1 fully saturated rings. The predicted molar refractivity (Wildman–Crippen MR) is 86.8 cm³/mol. The lowest BCUT2D eigenvalue weighted by Crippen LogP contribution is -2.25. The zero-order valence-corrected chi connectivity index (χ0v) is 13.4. The molecule has 0 bridgehead atoms. The molecular weight excluding hydrogens is 300 g/mol. The van der Waals surface area contributed by atoms with Gasteiger partial charge in [0.05, 0.1) is 0 Å². The molecule has 0 amide bonds. The number of benzene rings is 1. The van der Waals surface area contributed by atoms with Gasteiger partial charge in [-0.05, 0) is 44.0 Å². The molecule has 1 aromatic carbocycles. The first kappa shape index (κ1) is 14.6. The van der Waals surface area contributed by atoms with Crippen LogP contribution < -0.4 is 10.2 Å². The smallest absolute Gasteiger partial charge is 0.0383 e. The van der Waals surface area contributed by atoms with Crippen LogP contribution in [0.2, 0.25) is 0 Å². The zero-order chi connectivity index (χ0) is 13.8. The van der Waals surface area contributed by atoms with Gasteiger partial charge < -0.3 is 10.2 Å². The van der Waals surface area contributed by atoms with Gasteiger partial charge in [0, 0.05) is 28.8 Å². The van der Waals surface area contributed by atoms with E-state index in [-0.39, 0.29) is 0 Å². The summed E-state index contributed by atoms with van der Waals surface area (Å²) in [6.07, 6.45) is 4.60. The van der Waals surface area contributed by atoms with E-state index in [1.54, 1.807) is 0 Å². The Bertz CT molecular complexity index is 440. The van der Waals surface area contributed by atoms with Crippen LogP contribution in [0.25, 0.3) is 0 Å². The van der Waals surface area contributed by atoms with E-state index in [4.69, 9.17) is 0 Å². The van der Waals surface area contributed by atoms with E-state index in [9.17, 15) is 0 Å². The lowest BCUT2D eigenvalue weighted by molar-refractivity contribution is 0.596. The number of nitrogens with one attached hydrogen (secondary N) is 1. The predicted octanol–water partition coefficient (Wildman–Crippen LogP) is 4.27. The van der Waals surface area contributed by atoms with E-state index in [1.807, 2.05) is 6.08 Å². The number of hydrogen-bond donors (Lipinski definition) is 1. The van der Waals surface area contributed by atoms with Crippen molar-refractivity contribution in [1.29, 1.82) is 0 Å². The van der Waals surface area contributed by atoms with E-state index in [1.165, 1.54) is 28.6 Å². The normalized spacial score (nSPS) is 16.2. The van der Waals surface area contributed by atoms with Crippen LogP contribution in [0.1, 0.15) is 38.3 Å². The van der Waals surface area contributed by atoms with Gasteiger partial charge in [0.25, 0.3) is 0 Å². The van der Waals surface area contributed by atoms with Gasteiger partial charge in [0.1, 0.15) is 0 Å². The summed E-state index contributed by atoms with van der Waals surface area (Å²) >= 11 is 3.71. The van der Waals surface area contributed by atoms with E-state index in [0.29, 0.717) is 12.1 Å². The standard InChI is InChI=1S/C16H23BrN2/c1-4-10-19(13-6-7-13)14-8-9-15(16(17)11-14)12(3)18-5-2/h4,8-9,11-13,18H,1,5-7,10H2,2-3H3. The highest BCUT2D eigenvalue weighted by Gasteiger charge is 2.28. The van der Waals surface area contributed by atoms with Gasteiger partial charge in [0.15, 0.2) is 0 Å². The fourth-order valence-electron chi connectivity index (χ4n) is 2.45. The molecule has 0 spiro atoms. The lowest BCUT2D eigenvalue weighted by atomic mass is 10.1. The quantitative estimate of drug-likeness (QED) is 0.754. The van der Waals surface area contributed by atoms with Crippen LogP contribution in [-0.2, 0) is 0 Å². The Hall–Kier alpha value is -0.800. The summed E-state index contributed by atoms with van der Waals surface area (Å²) in [5, 5.41) is 3.45. The van der Waals surface area contributed by atoms with E-state index < -0.39 is 0 Å². The second kappa shape index (κ2) is 6.58. The Balaban J connectivity index is 2.19. The van der Waals surface area contributed by atoms with Crippen molar-refractivity contribution in [3.8, 4) is 0 Å². The molecule has 19 heavy (non-hydrogen) atoms. The van der Waals surface area contributed by atoms with Crippen LogP contribution in [0.4, 0.5) is 5.69 Å². The first-order chi connectivity index (χ1) is 9.17. The number of anilines is 1. The van der Waals surface area contributed by atoms with Gasteiger partial charge in [-0.15, -0.1) is 6.58 Å². The van der Waals surface area contributed by atoms with Crippen molar-refractivity contribution in [2.45, 2.75) is 38.8 Å². The van der Waals surface area contributed by atoms with Crippen LogP contribution in [0.5, 0.6) is 0 Å². The second-order valence-corrected chi connectivity index (χ2v) is 6.01. The summed E-state index contributed by atoms with van der Waals surface area (Å²) in [7, 11) is 0. The maximum Gasteiger partial charge on any atom is 0.0383 e. The summed E-state index contributed by atoms with van der Waals surface area (Å²) in [5.74, 6) is 0. The molecule has 1 aliphatic carbocycles. The fraction of sp³-hybridized carbons (Fsp3) is 0.500. The summed E-state index contributed by atoms with van der Waals surface area (Å²) in [6, 6.07) is 7.79. The Morgan fingerprint density at radius 2 is 2.26 bits per heavy atom. The van der Waals surface area contributed by atoms with E-state index in [2.05, 4.69) is 64.8 Å². The van der Waals surface area contributed by atoms with Crippen molar-refractivity contribution in [1.82, 2.24) is 5.32 Å². The molecule has 0 saturated heterocycles. The topological polar surface area (TPSA) is 15.3 Å². The highest BCUT2D eigenvalue weighted by atomic mass is 79.9. The number of halogens is 1. The molecule has 2 rings (SSSR count). The van der Waals surface area contributed by atoms with Crippen molar-refractivity contribution in [2.75, 3.05) is 18.0 Å². The molecule has 0 aliphatic heterocycles. The van der Waals surface area contributed by atoms with Crippen LogP contribution in [0, 0.1) is 0 Å². The Morgan fingerprint density at radius 1 is 1.53 bits per heavy atom. The van der Waals surface area contributed by atoms with E-state index >= 15 is 0 Å². The molecule has 0 radical (unpaired) electrons. The average Bonchev–Trinajstić information content (AvgIpc) is 3.20. The van der Waals surface area contributed by atoms with Crippen LogP contribution in [0.3, 0.4) is 0 Å². The highest BCUT2D eigenvalue weighted by molar-refractivity contribution is 9.10. The number of hydrogen-bond acceptors (Lipinski definition) is 2. The van der Waals surface area contributed by atoms with Gasteiger partial charge >= 0.3 is 0 Å². The second-order valence-electron chi connectivity index (χ2n) is 5.16. The number of rotatable bonds is 7. The lowest BCUT2D eigenvalue weighted by Gasteiger charge is -2.24. The third kappa shape index (κ3) is 3.61. The maximum atomic E-state index is 3.87. The molecule has 0 heterocycles. The van der Waals surface area contributed by atoms with Gasteiger partial charge in [-0.2, -0.15) is 0 Å². The maximum absolute atomic E-state index is 3.87. The molecule has 1 aliphatic rings. The Labute approximate surface area is 125 Å². The molecule has 3 heteroatoms. The minimum Gasteiger partial charge on any atom is -0.365 e. The van der Waals surface area contributed by atoms with Crippen LogP contribution in [0.15, 0.2) is 35.3 Å². The molecule has 1 atom stereocenters. The molecule has 1 N–H and O–H groups in total. The van der Waals surface area contributed by atoms with Crippen molar-refractivity contribution < 1.29 is 0 Å². The van der Waals surface area contributed by atoms with Gasteiger partial charge in [0.2, 0.25) is 0 Å². The van der Waals surface area contributed by atoms with Crippen molar-refractivity contribution in [3.63, 3.8) is 0 Å². The van der Waals surface area contributed by atoms with Crippen molar-refractivity contribution in [2.24, 2.45) is 0 Å². The first-order valence-electron chi connectivity index (χ1n) is 7.07. The highest BCUT2D eigenvalue weighted by Crippen LogP contribution is 2.34. The summed E-state index contributed by atoms with van der Waals surface area (Å²) in [4.78, 5) is 2.44. The largest absolute Gasteiger partial charge is 0.365 e. The van der Waals surface area contributed by atoms with Crippen LogP contribution >= 0.6 is 15.9 Å².